The van der Waals surface area contributed by atoms with Crippen molar-refractivity contribution in [2.45, 2.75) is 76.7 Å². The molecular weight excluding hydrogens is 190 g/mol. The highest BCUT2D eigenvalue weighted by Crippen LogP contribution is 2.35. The van der Waals surface area contributed by atoms with E-state index in [2.05, 4.69) is 6.92 Å². The van der Waals surface area contributed by atoms with Crippen molar-refractivity contribution in [1.82, 2.24) is 0 Å². The largest absolute Gasteiger partial charge is 0.264 e. The molecule has 1 aliphatic rings. The maximum atomic E-state index is 11.1. The molecule has 0 unspecified atom stereocenters. The van der Waals surface area contributed by atoms with E-state index in [0.717, 1.165) is 44.9 Å². The van der Waals surface area contributed by atoms with Gasteiger partial charge in [-0.15, -0.1) is 0 Å². The fourth-order valence-corrected chi connectivity index (χ4v) is 2.61. The molecule has 0 aromatic heterocycles. The molecule has 1 saturated carbocycles. The SMILES string of the molecule is CCCCCCC1([N+](=O)[O-])CCCCC1. The van der Waals surface area contributed by atoms with Gasteiger partial charge >= 0.3 is 0 Å². The minimum absolute atomic E-state index is 0.0120. The van der Waals surface area contributed by atoms with Crippen LogP contribution in [0.1, 0.15) is 71.1 Å². The molecule has 0 amide bonds. The van der Waals surface area contributed by atoms with Crippen LogP contribution in [0, 0.1) is 10.1 Å². The zero-order valence-corrected chi connectivity index (χ0v) is 9.83. The second kappa shape index (κ2) is 6.09. The summed E-state index contributed by atoms with van der Waals surface area (Å²) in [7, 11) is 0. The molecule has 1 fully saturated rings. The lowest BCUT2D eigenvalue weighted by molar-refractivity contribution is -0.576. The van der Waals surface area contributed by atoms with Crippen LogP contribution in [-0.4, -0.2) is 10.5 Å². The average molecular weight is 213 g/mol. The molecule has 0 atom stereocenters. The Kier molecular flexibility index (Phi) is 5.06. The lowest BCUT2D eigenvalue weighted by Crippen LogP contribution is -2.40. The first-order valence-corrected chi connectivity index (χ1v) is 6.36. The van der Waals surface area contributed by atoms with Crippen LogP contribution in [0.3, 0.4) is 0 Å². The van der Waals surface area contributed by atoms with Crippen LogP contribution in [0.4, 0.5) is 0 Å². The third kappa shape index (κ3) is 3.47. The van der Waals surface area contributed by atoms with E-state index >= 15 is 0 Å². The van der Waals surface area contributed by atoms with Crippen LogP contribution in [0.25, 0.3) is 0 Å². The van der Waals surface area contributed by atoms with Gasteiger partial charge in [0.05, 0.1) is 0 Å². The average Bonchev–Trinajstić information content (AvgIpc) is 2.26. The number of unbranched alkanes of at least 4 members (excludes halogenated alkanes) is 3. The van der Waals surface area contributed by atoms with Crippen LogP contribution in [0.5, 0.6) is 0 Å². The Hall–Kier alpha value is -0.600. The second-order valence-electron chi connectivity index (χ2n) is 4.85. The normalized spacial score (nSPS) is 20.1. The zero-order valence-electron chi connectivity index (χ0n) is 9.83. The van der Waals surface area contributed by atoms with Crippen molar-refractivity contribution in [3.05, 3.63) is 10.1 Å². The van der Waals surface area contributed by atoms with Gasteiger partial charge in [-0.1, -0.05) is 32.6 Å². The number of rotatable bonds is 6. The summed E-state index contributed by atoms with van der Waals surface area (Å²) in [6.07, 6.45) is 10.3. The molecule has 0 heterocycles. The van der Waals surface area contributed by atoms with Gasteiger partial charge < -0.3 is 0 Å². The number of nitro groups is 1. The third-order valence-corrected chi connectivity index (χ3v) is 3.67. The molecule has 15 heavy (non-hydrogen) atoms. The second-order valence-corrected chi connectivity index (χ2v) is 4.85. The monoisotopic (exact) mass is 213 g/mol. The van der Waals surface area contributed by atoms with Gasteiger partial charge in [-0.3, -0.25) is 10.1 Å². The molecule has 0 bridgehead atoms. The van der Waals surface area contributed by atoms with Crippen molar-refractivity contribution in [2.24, 2.45) is 0 Å². The lowest BCUT2D eigenvalue weighted by Gasteiger charge is -2.29. The molecular formula is C12H23NO2. The van der Waals surface area contributed by atoms with E-state index in [1.54, 1.807) is 0 Å². The first-order chi connectivity index (χ1) is 7.21. The van der Waals surface area contributed by atoms with E-state index in [-0.39, 0.29) is 4.92 Å². The van der Waals surface area contributed by atoms with Gasteiger partial charge in [-0.25, -0.2) is 0 Å². The molecule has 0 aromatic carbocycles. The molecule has 88 valence electrons. The van der Waals surface area contributed by atoms with E-state index < -0.39 is 5.54 Å². The smallest absolute Gasteiger partial charge is 0.222 e. The standard InChI is InChI=1S/C12H23NO2/c1-2-3-4-6-9-12(13(14)15)10-7-5-8-11-12/h2-11H2,1H3. The Balaban J connectivity index is 2.39. The summed E-state index contributed by atoms with van der Waals surface area (Å²) in [5.41, 5.74) is -0.550. The fraction of sp³-hybridized carbons (Fsp3) is 1.00. The van der Waals surface area contributed by atoms with Crippen molar-refractivity contribution in [3.63, 3.8) is 0 Å². The Bertz CT molecular complexity index is 198. The van der Waals surface area contributed by atoms with Crippen LogP contribution < -0.4 is 0 Å². The molecule has 0 spiro atoms. The van der Waals surface area contributed by atoms with E-state index in [0.29, 0.717) is 0 Å². The summed E-state index contributed by atoms with van der Waals surface area (Å²) in [5.74, 6) is 0. The molecule has 1 aliphatic carbocycles. The van der Waals surface area contributed by atoms with Crippen LogP contribution in [0.2, 0.25) is 0 Å². The molecule has 0 N–H and O–H groups in total. The van der Waals surface area contributed by atoms with Crippen molar-refractivity contribution in [3.8, 4) is 0 Å². The van der Waals surface area contributed by atoms with Crippen LogP contribution in [0.15, 0.2) is 0 Å². The van der Waals surface area contributed by atoms with Gasteiger partial charge in [0.15, 0.2) is 0 Å². The topological polar surface area (TPSA) is 43.1 Å². The Morgan fingerprint density at radius 3 is 2.33 bits per heavy atom. The number of hydrogen-bond donors (Lipinski definition) is 0. The van der Waals surface area contributed by atoms with Gasteiger partial charge in [0, 0.05) is 24.2 Å². The van der Waals surface area contributed by atoms with Crippen LogP contribution in [-0.2, 0) is 0 Å². The van der Waals surface area contributed by atoms with Crippen molar-refractivity contribution < 1.29 is 4.92 Å². The number of hydrogen-bond acceptors (Lipinski definition) is 2. The van der Waals surface area contributed by atoms with Crippen LogP contribution >= 0.6 is 0 Å². The molecule has 0 radical (unpaired) electrons. The predicted molar refractivity (Wildman–Crippen MR) is 61.6 cm³/mol. The van der Waals surface area contributed by atoms with Gasteiger partial charge in [-0.2, -0.15) is 0 Å². The summed E-state index contributed by atoms with van der Waals surface area (Å²) in [5, 5.41) is 11.1. The molecule has 1 rings (SSSR count). The molecule has 0 aliphatic heterocycles. The summed E-state index contributed by atoms with van der Waals surface area (Å²) in [6.45, 7) is 2.17. The Labute approximate surface area is 92.4 Å². The van der Waals surface area contributed by atoms with Gasteiger partial charge in [0.2, 0.25) is 5.54 Å². The fourth-order valence-electron chi connectivity index (χ4n) is 2.61. The molecule has 3 nitrogen and oxygen atoms in total. The minimum atomic E-state index is -0.550. The third-order valence-electron chi connectivity index (χ3n) is 3.67. The summed E-state index contributed by atoms with van der Waals surface area (Å²) in [4.78, 5) is 11.2. The predicted octanol–water partition coefficient (Wildman–Crippen LogP) is 3.94. The molecule has 0 saturated heterocycles. The Morgan fingerprint density at radius 1 is 1.13 bits per heavy atom. The maximum absolute atomic E-state index is 11.1. The van der Waals surface area contributed by atoms with E-state index in [1.807, 2.05) is 0 Å². The van der Waals surface area contributed by atoms with Gasteiger partial charge in [-0.05, 0) is 19.3 Å². The maximum Gasteiger partial charge on any atom is 0.222 e. The highest BCUT2D eigenvalue weighted by molar-refractivity contribution is 4.83. The first kappa shape index (κ1) is 12.5. The van der Waals surface area contributed by atoms with Gasteiger partial charge in [0.25, 0.3) is 0 Å². The van der Waals surface area contributed by atoms with Crippen molar-refractivity contribution in [2.75, 3.05) is 0 Å². The van der Waals surface area contributed by atoms with E-state index in [4.69, 9.17) is 0 Å². The summed E-state index contributed by atoms with van der Waals surface area (Å²) in [6, 6.07) is 0. The zero-order chi connectivity index (χ0) is 11.1. The number of nitrogens with zero attached hydrogens (tertiary/aromatic N) is 1. The van der Waals surface area contributed by atoms with Crippen molar-refractivity contribution >= 4 is 0 Å². The quantitative estimate of drug-likeness (QED) is 0.381. The van der Waals surface area contributed by atoms with E-state index in [9.17, 15) is 10.1 Å². The molecule has 0 aromatic rings. The lowest BCUT2D eigenvalue weighted by atomic mass is 9.78. The van der Waals surface area contributed by atoms with Crippen molar-refractivity contribution in [1.29, 1.82) is 0 Å². The first-order valence-electron chi connectivity index (χ1n) is 6.36. The van der Waals surface area contributed by atoms with E-state index in [1.165, 1.54) is 19.3 Å². The highest BCUT2D eigenvalue weighted by Gasteiger charge is 2.42. The Morgan fingerprint density at radius 2 is 1.80 bits per heavy atom. The van der Waals surface area contributed by atoms with Gasteiger partial charge in [0.1, 0.15) is 0 Å². The summed E-state index contributed by atoms with van der Waals surface area (Å²) >= 11 is 0. The molecule has 3 heteroatoms. The minimum Gasteiger partial charge on any atom is -0.264 e. The highest BCUT2D eigenvalue weighted by atomic mass is 16.6. The summed E-state index contributed by atoms with van der Waals surface area (Å²) < 4.78 is 0.